The standard InChI is InChI=1S/C16H26N4O2/c1-13(2)6-7-18-16(17-3)20-10-8-19(9-11-20)15(21)14-5-4-12-22-14/h4-5,12-13H,6-11H2,1-3H3,(H,17,18). The SMILES string of the molecule is CN=C(NCCC(C)C)N1CCN(C(=O)c2ccco2)CC1. The van der Waals surface area contributed by atoms with Gasteiger partial charge in [-0.3, -0.25) is 9.79 Å². The number of amides is 1. The van der Waals surface area contributed by atoms with Crippen LogP contribution in [-0.2, 0) is 0 Å². The molecule has 1 aliphatic heterocycles. The van der Waals surface area contributed by atoms with Gasteiger partial charge in [-0.25, -0.2) is 0 Å². The Hall–Kier alpha value is -1.98. The summed E-state index contributed by atoms with van der Waals surface area (Å²) in [5.74, 6) is 1.97. The van der Waals surface area contributed by atoms with Gasteiger partial charge < -0.3 is 19.5 Å². The van der Waals surface area contributed by atoms with Gasteiger partial charge in [0.1, 0.15) is 0 Å². The van der Waals surface area contributed by atoms with Crippen molar-refractivity contribution < 1.29 is 9.21 Å². The number of hydrogen-bond donors (Lipinski definition) is 1. The number of carbonyl (C=O) groups is 1. The predicted octanol–water partition coefficient (Wildman–Crippen LogP) is 1.66. The summed E-state index contributed by atoms with van der Waals surface area (Å²) in [6, 6.07) is 3.45. The molecule has 1 saturated heterocycles. The number of nitrogens with zero attached hydrogens (tertiary/aromatic N) is 3. The van der Waals surface area contributed by atoms with Crippen molar-refractivity contribution in [1.82, 2.24) is 15.1 Å². The van der Waals surface area contributed by atoms with E-state index in [0.717, 1.165) is 32.0 Å². The second-order valence-electron chi connectivity index (χ2n) is 5.91. The summed E-state index contributed by atoms with van der Waals surface area (Å²) in [4.78, 5) is 20.6. The van der Waals surface area contributed by atoms with Crippen LogP contribution in [0.4, 0.5) is 0 Å². The van der Waals surface area contributed by atoms with Crippen LogP contribution in [0.15, 0.2) is 27.8 Å². The van der Waals surface area contributed by atoms with Gasteiger partial charge in [0.05, 0.1) is 6.26 Å². The molecule has 0 unspecified atom stereocenters. The van der Waals surface area contributed by atoms with Gasteiger partial charge in [0.15, 0.2) is 11.7 Å². The third kappa shape index (κ3) is 4.26. The van der Waals surface area contributed by atoms with E-state index in [2.05, 4.69) is 29.1 Å². The summed E-state index contributed by atoms with van der Waals surface area (Å²) in [7, 11) is 1.80. The van der Waals surface area contributed by atoms with Gasteiger partial charge in [0.2, 0.25) is 0 Å². The first-order chi connectivity index (χ1) is 10.6. The van der Waals surface area contributed by atoms with Crippen LogP contribution in [0.3, 0.4) is 0 Å². The number of furan rings is 1. The lowest BCUT2D eigenvalue weighted by atomic mass is 10.1. The first-order valence-corrected chi connectivity index (χ1v) is 7.90. The van der Waals surface area contributed by atoms with E-state index in [1.165, 1.54) is 6.26 Å². The molecule has 0 aromatic carbocycles. The number of carbonyl (C=O) groups excluding carboxylic acids is 1. The van der Waals surface area contributed by atoms with Crippen LogP contribution in [0.5, 0.6) is 0 Å². The lowest BCUT2D eigenvalue weighted by Crippen LogP contribution is -2.53. The molecule has 0 radical (unpaired) electrons. The van der Waals surface area contributed by atoms with Crippen LogP contribution in [0.1, 0.15) is 30.8 Å². The molecule has 0 spiro atoms. The predicted molar refractivity (Wildman–Crippen MR) is 87.0 cm³/mol. The van der Waals surface area contributed by atoms with E-state index in [9.17, 15) is 4.79 Å². The van der Waals surface area contributed by atoms with E-state index >= 15 is 0 Å². The lowest BCUT2D eigenvalue weighted by molar-refractivity contribution is 0.0657. The molecule has 22 heavy (non-hydrogen) atoms. The van der Waals surface area contributed by atoms with Crippen molar-refractivity contribution in [2.45, 2.75) is 20.3 Å². The Morgan fingerprint density at radius 2 is 2.00 bits per heavy atom. The van der Waals surface area contributed by atoms with E-state index in [4.69, 9.17) is 4.42 Å². The summed E-state index contributed by atoms with van der Waals surface area (Å²) in [5.41, 5.74) is 0. The van der Waals surface area contributed by atoms with Crippen molar-refractivity contribution >= 4 is 11.9 Å². The number of aliphatic imine (C=N–C) groups is 1. The highest BCUT2D eigenvalue weighted by molar-refractivity contribution is 5.91. The first-order valence-electron chi connectivity index (χ1n) is 7.90. The van der Waals surface area contributed by atoms with E-state index < -0.39 is 0 Å². The van der Waals surface area contributed by atoms with Gasteiger partial charge >= 0.3 is 0 Å². The summed E-state index contributed by atoms with van der Waals surface area (Å²) in [6.45, 7) is 8.29. The maximum Gasteiger partial charge on any atom is 0.289 e. The van der Waals surface area contributed by atoms with Crippen molar-refractivity contribution in [2.24, 2.45) is 10.9 Å². The Labute approximate surface area is 132 Å². The Morgan fingerprint density at radius 1 is 1.32 bits per heavy atom. The molecule has 0 atom stereocenters. The van der Waals surface area contributed by atoms with E-state index in [1.807, 2.05) is 4.90 Å². The molecule has 2 rings (SSSR count). The first kappa shape index (κ1) is 16.4. The fraction of sp³-hybridized carbons (Fsp3) is 0.625. The van der Waals surface area contributed by atoms with E-state index in [1.54, 1.807) is 19.2 Å². The van der Waals surface area contributed by atoms with Gasteiger partial charge in [-0.1, -0.05) is 13.8 Å². The largest absolute Gasteiger partial charge is 0.459 e. The van der Waals surface area contributed by atoms with Crippen LogP contribution in [0.25, 0.3) is 0 Å². The zero-order chi connectivity index (χ0) is 15.9. The molecule has 1 N–H and O–H groups in total. The smallest absolute Gasteiger partial charge is 0.289 e. The maximum absolute atomic E-state index is 12.2. The second kappa shape index (κ2) is 7.87. The molecule has 0 aliphatic carbocycles. The highest BCUT2D eigenvalue weighted by Crippen LogP contribution is 2.09. The molecule has 6 heteroatoms. The molecular formula is C16H26N4O2. The van der Waals surface area contributed by atoms with E-state index in [0.29, 0.717) is 24.8 Å². The molecule has 1 aromatic rings. The van der Waals surface area contributed by atoms with Gasteiger partial charge in [-0.2, -0.15) is 0 Å². The fourth-order valence-corrected chi connectivity index (χ4v) is 2.48. The fourth-order valence-electron chi connectivity index (χ4n) is 2.48. The monoisotopic (exact) mass is 306 g/mol. The molecule has 0 saturated carbocycles. The average molecular weight is 306 g/mol. The number of nitrogens with one attached hydrogen (secondary N) is 1. The molecule has 2 heterocycles. The van der Waals surface area contributed by atoms with Crippen LogP contribution >= 0.6 is 0 Å². The number of piperazine rings is 1. The minimum atomic E-state index is -0.0348. The zero-order valence-corrected chi connectivity index (χ0v) is 13.7. The Kier molecular flexibility index (Phi) is 5.86. The second-order valence-corrected chi connectivity index (χ2v) is 5.91. The average Bonchev–Trinajstić information content (AvgIpc) is 3.05. The third-order valence-corrected chi connectivity index (χ3v) is 3.81. The number of hydrogen-bond acceptors (Lipinski definition) is 3. The summed E-state index contributed by atoms with van der Waals surface area (Å²) in [6.07, 6.45) is 2.65. The molecule has 1 fully saturated rings. The maximum atomic E-state index is 12.2. The van der Waals surface area contributed by atoms with Crippen LogP contribution < -0.4 is 5.32 Å². The van der Waals surface area contributed by atoms with Crippen LogP contribution in [-0.4, -0.2) is 61.4 Å². The molecule has 6 nitrogen and oxygen atoms in total. The summed E-state index contributed by atoms with van der Waals surface area (Å²) < 4.78 is 5.18. The van der Waals surface area contributed by atoms with Gasteiger partial charge in [-0.15, -0.1) is 0 Å². The summed E-state index contributed by atoms with van der Waals surface area (Å²) >= 11 is 0. The van der Waals surface area contributed by atoms with Crippen molar-refractivity contribution in [3.05, 3.63) is 24.2 Å². The molecule has 0 bridgehead atoms. The Bertz CT molecular complexity index is 488. The molecule has 1 amide bonds. The van der Waals surface area contributed by atoms with Crippen molar-refractivity contribution in [3.8, 4) is 0 Å². The van der Waals surface area contributed by atoms with Gasteiger partial charge in [0.25, 0.3) is 5.91 Å². The Morgan fingerprint density at radius 3 is 2.55 bits per heavy atom. The van der Waals surface area contributed by atoms with E-state index in [-0.39, 0.29) is 5.91 Å². The van der Waals surface area contributed by atoms with Crippen LogP contribution in [0, 0.1) is 5.92 Å². The minimum Gasteiger partial charge on any atom is -0.459 e. The molecule has 1 aromatic heterocycles. The van der Waals surface area contributed by atoms with Crippen molar-refractivity contribution in [2.75, 3.05) is 39.8 Å². The lowest BCUT2D eigenvalue weighted by Gasteiger charge is -2.36. The quantitative estimate of drug-likeness (QED) is 0.679. The van der Waals surface area contributed by atoms with Crippen LogP contribution in [0.2, 0.25) is 0 Å². The number of guanidine groups is 1. The normalized spacial score (nSPS) is 16.3. The van der Waals surface area contributed by atoms with Gasteiger partial charge in [0, 0.05) is 39.8 Å². The topological polar surface area (TPSA) is 61.1 Å². The zero-order valence-electron chi connectivity index (χ0n) is 13.7. The minimum absolute atomic E-state index is 0.0348. The third-order valence-electron chi connectivity index (χ3n) is 3.81. The highest BCUT2D eigenvalue weighted by Gasteiger charge is 2.24. The molecule has 122 valence electrons. The summed E-state index contributed by atoms with van der Waals surface area (Å²) in [5, 5.41) is 3.40. The highest BCUT2D eigenvalue weighted by atomic mass is 16.3. The molecule has 1 aliphatic rings. The molecular weight excluding hydrogens is 280 g/mol. The Balaban J connectivity index is 1.81. The van der Waals surface area contributed by atoms with Gasteiger partial charge in [-0.05, 0) is 24.5 Å². The van der Waals surface area contributed by atoms with Crippen molar-refractivity contribution in [1.29, 1.82) is 0 Å². The van der Waals surface area contributed by atoms with Crippen molar-refractivity contribution in [3.63, 3.8) is 0 Å². The number of rotatable bonds is 4.